The molecule has 0 radical (unpaired) electrons. The highest BCUT2D eigenvalue weighted by atomic mass is 16.4. The zero-order valence-corrected chi connectivity index (χ0v) is 14.2. The van der Waals surface area contributed by atoms with Gasteiger partial charge in [-0.2, -0.15) is 5.10 Å². The average Bonchev–Trinajstić information content (AvgIpc) is 3.32. The molecule has 3 heterocycles. The Morgan fingerprint density at radius 1 is 1.23 bits per heavy atom. The number of aromatic carboxylic acids is 1. The first-order valence-electron chi connectivity index (χ1n) is 8.58. The van der Waals surface area contributed by atoms with Crippen LogP contribution < -0.4 is 0 Å². The molecule has 132 valence electrons. The van der Waals surface area contributed by atoms with E-state index >= 15 is 0 Å². The molecule has 1 saturated heterocycles. The lowest BCUT2D eigenvalue weighted by Gasteiger charge is -2.22. The van der Waals surface area contributed by atoms with Crippen LogP contribution in [0.4, 0.5) is 0 Å². The molecule has 0 aliphatic carbocycles. The van der Waals surface area contributed by atoms with Crippen molar-refractivity contribution in [3.8, 4) is 5.69 Å². The number of rotatable bonds is 5. The molecule has 1 atom stereocenters. The number of carboxylic acid groups (broad SMARTS) is 1. The Labute approximate surface area is 150 Å². The monoisotopic (exact) mass is 349 g/mol. The molecule has 0 amide bonds. The molecule has 26 heavy (non-hydrogen) atoms. The average molecular weight is 349 g/mol. The highest BCUT2D eigenvalue weighted by molar-refractivity contribution is 5.91. The van der Waals surface area contributed by atoms with Gasteiger partial charge in [-0.3, -0.25) is 14.9 Å². The van der Waals surface area contributed by atoms with Gasteiger partial charge in [-0.25, -0.2) is 9.48 Å². The summed E-state index contributed by atoms with van der Waals surface area (Å²) in [4.78, 5) is 22.4. The van der Waals surface area contributed by atoms with E-state index < -0.39 is 5.97 Å². The van der Waals surface area contributed by atoms with Gasteiger partial charge in [0, 0.05) is 36.9 Å². The summed E-state index contributed by atoms with van der Waals surface area (Å²) in [6.45, 7) is 1.74. The van der Waals surface area contributed by atoms with E-state index in [1.807, 2.05) is 18.5 Å². The SMILES string of the molecule is O=C(O)c1ccccc1-n1cc(CN2CCCC2c2cnccn2)cn1. The smallest absolute Gasteiger partial charge is 0.337 e. The minimum absolute atomic E-state index is 0.237. The third kappa shape index (κ3) is 3.21. The van der Waals surface area contributed by atoms with Crippen LogP contribution in [0.15, 0.2) is 55.2 Å². The van der Waals surface area contributed by atoms with E-state index in [1.165, 1.54) is 0 Å². The van der Waals surface area contributed by atoms with E-state index in [2.05, 4.69) is 20.0 Å². The standard InChI is InChI=1S/C19H19N5O2/c25-19(26)15-4-1-2-5-17(15)24-13-14(10-22-24)12-23-9-3-6-18(23)16-11-20-7-8-21-16/h1-2,4-5,7-8,10-11,13,18H,3,6,9,12H2,(H,25,26). The van der Waals surface area contributed by atoms with Crippen molar-refractivity contribution in [3.63, 3.8) is 0 Å². The van der Waals surface area contributed by atoms with E-state index in [0.29, 0.717) is 5.69 Å². The van der Waals surface area contributed by atoms with E-state index in [9.17, 15) is 9.90 Å². The fraction of sp³-hybridized carbons (Fsp3) is 0.263. The number of benzene rings is 1. The molecule has 0 bridgehead atoms. The van der Waals surface area contributed by atoms with Crippen LogP contribution in [0.5, 0.6) is 0 Å². The Morgan fingerprint density at radius 2 is 2.12 bits per heavy atom. The fourth-order valence-electron chi connectivity index (χ4n) is 3.50. The molecule has 7 nitrogen and oxygen atoms in total. The molecule has 1 unspecified atom stereocenters. The summed E-state index contributed by atoms with van der Waals surface area (Å²) in [5, 5.41) is 13.7. The fourth-order valence-corrected chi connectivity index (χ4v) is 3.50. The Balaban J connectivity index is 1.55. The van der Waals surface area contributed by atoms with Crippen molar-refractivity contribution in [2.45, 2.75) is 25.4 Å². The summed E-state index contributed by atoms with van der Waals surface area (Å²) in [6.07, 6.45) is 11.1. The number of nitrogens with zero attached hydrogens (tertiary/aromatic N) is 5. The first kappa shape index (κ1) is 16.4. The second kappa shape index (κ2) is 7.05. The molecule has 1 aromatic carbocycles. The molecule has 1 aliphatic rings. The topological polar surface area (TPSA) is 84.1 Å². The normalized spacial score (nSPS) is 17.5. The van der Waals surface area contributed by atoms with Crippen LogP contribution in [0, 0.1) is 0 Å². The highest BCUT2D eigenvalue weighted by Crippen LogP contribution is 2.31. The zero-order chi connectivity index (χ0) is 17.9. The van der Waals surface area contributed by atoms with Crippen molar-refractivity contribution in [3.05, 3.63) is 72.1 Å². The maximum Gasteiger partial charge on any atom is 0.337 e. The van der Waals surface area contributed by atoms with Crippen molar-refractivity contribution < 1.29 is 9.90 Å². The van der Waals surface area contributed by atoms with Crippen molar-refractivity contribution >= 4 is 5.97 Å². The molecule has 1 N–H and O–H groups in total. The lowest BCUT2D eigenvalue weighted by molar-refractivity contribution is 0.0696. The summed E-state index contributed by atoms with van der Waals surface area (Å²) >= 11 is 0. The predicted molar refractivity (Wildman–Crippen MR) is 94.9 cm³/mol. The second-order valence-electron chi connectivity index (χ2n) is 6.37. The number of likely N-dealkylation sites (tertiary alicyclic amines) is 1. The van der Waals surface area contributed by atoms with Gasteiger partial charge in [-0.05, 0) is 31.5 Å². The van der Waals surface area contributed by atoms with Gasteiger partial charge in [0.2, 0.25) is 0 Å². The number of carbonyl (C=O) groups is 1. The quantitative estimate of drug-likeness (QED) is 0.762. The van der Waals surface area contributed by atoms with Crippen LogP contribution in [0.25, 0.3) is 5.69 Å². The van der Waals surface area contributed by atoms with Crippen LogP contribution >= 0.6 is 0 Å². The highest BCUT2D eigenvalue weighted by Gasteiger charge is 2.27. The van der Waals surface area contributed by atoms with E-state index in [0.717, 1.165) is 37.2 Å². The summed E-state index contributed by atoms with van der Waals surface area (Å²) in [7, 11) is 0. The second-order valence-corrected chi connectivity index (χ2v) is 6.37. The Bertz CT molecular complexity index is 909. The van der Waals surface area contributed by atoms with Gasteiger partial charge in [0.05, 0.1) is 29.2 Å². The van der Waals surface area contributed by atoms with Crippen molar-refractivity contribution in [2.24, 2.45) is 0 Å². The first-order chi connectivity index (χ1) is 12.7. The predicted octanol–water partition coefficient (Wildman–Crippen LogP) is 2.70. The number of para-hydroxylation sites is 1. The number of hydrogen-bond acceptors (Lipinski definition) is 5. The van der Waals surface area contributed by atoms with Crippen LogP contribution in [-0.2, 0) is 6.54 Å². The van der Waals surface area contributed by atoms with Gasteiger partial charge in [0.25, 0.3) is 0 Å². The molecule has 3 aromatic rings. The van der Waals surface area contributed by atoms with Crippen LogP contribution in [-0.4, -0.2) is 42.3 Å². The molecule has 7 heteroatoms. The number of hydrogen-bond donors (Lipinski definition) is 1. The summed E-state index contributed by atoms with van der Waals surface area (Å²) < 4.78 is 1.63. The van der Waals surface area contributed by atoms with E-state index in [1.54, 1.807) is 41.5 Å². The molecule has 0 spiro atoms. The van der Waals surface area contributed by atoms with Crippen LogP contribution in [0.2, 0.25) is 0 Å². The molecule has 1 aliphatic heterocycles. The van der Waals surface area contributed by atoms with Gasteiger partial charge >= 0.3 is 5.97 Å². The van der Waals surface area contributed by atoms with Crippen LogP contribution in [0.3, 0.4) is 0 Å². The van der Waals surface area contributed by atoms with Gasteiger partial charge in [0.15, 0.2) is 0 Å². The van der Waals surface area contributed by atoms with Gasteiger partial charge in [-0.1, -0.05) is 12.1 Å². The van der Waals surface area contributed by atoms with Crippen molar-refractivity contribution in [1.82, 2.24) is 24.6 Å². The summed E-state index contributed by atoms with van der Waals surface area (Å²) in [6, 6.07) is 7.14. The largest absolute Gasteiger partial charge is 0.478 e. The van der Waals surface area contributed by atoms with Crippen molar-refractivity contribution in [1.29, 1.82) is 0 Å². The minimum Gasteiger partial charge on any atom is -0.478 e. The van der Waals surface area contributed by atoms with Crippen molar-refractivity contribution in [2.75, 3.05) is 6.54 Å². The lowest BCUT2D eigenvalue weighted by atomic mass is 10.1. The molecule has 4 rings (SSSR count). The molecular weight excluding hydrogens is 330 g/mol. The van der Waals surface area contributed by atoms with Gasteiger partial charge in [-0.15, -0.1) is 0 Å². The third-order valence-electron chi connectivity index (χ3n) is 4.69. The zero-order valence-electron chi connectivity index (χ0n) is 14.2. The van der Waals surface area contributed by atoms with Gasteiger partial charge in [0.1, 0.15) is 0 Å². The first-order valence-corrected chi connectivity index (χ1v) is 8.58. The Hall–Kier alpha value is -3.06. The summed E-state index contributed by atoms with van der Waals surface area (Å²) in [5.74, 6) is -0.958. The number of aromatic nitrogens is 4. The molecule has 1 fully saturated rings. The molecule has 2 aromatic heterocycles. The third-order valence-corrected chi connectivity index (χ3v) is 4.69. The lowest BCUT2D eigenvalue weighted by Crippen LogP contribution is -2.23. The number of carboxylic acids is 1. The Morgan fingerprint density at radius 3 is 2.92 bits per heavy atom. The Kier molecular flexibility index (Phi) is 4.45. The summed E-state index contributed by atoms with van der Waals surface area (Å²) in [5.41, 5.74) is 2.84. The molecular formula is C19H19N5O2. The maximum absolute atomic E-state index is 11.4. The molecule has 0 saturated carbocycles. The van der Waals surface area contributed by atoms with E-state index in [-0.39, 0.29) is 11.6 Å². The van der Waals surface area contributed by atoms with Crippen LogP contribution in [0.1, 0.15) is 40.5 Å². The maximum atomic E-state index is 11.4. The van der Waals surface area contributed by atoms with Gasteiger partial charge < -0.3 is 5.11 Å². The van der Waals surface area contributed by atoms with E-state index in [4.69, 9.17) is 0 Å². The minimum atomic E-state index is -0.958.